The van der Waals surface area contributed by atoms with Gasteiger partial charge in [-0.3, -0.25) is 4.44 Å². The van der Waals surface area contributed by atoms with Gasteiger partial charge in [-0.2, -0.15) is 0 Å². The molecule has 2 atom stereocenters. The summed E-state index contributed by atoms with van der Waals surface area (Å²) in [6, 6.07) is 27.8. The highest BCUT2D eigenvalue weighted by atomic mass is 31.2. The van der Waals surface area contributed by atoms with Gasteiger partial charge in [-0.1, -0.05) is 74.0 Å². The third-order valence-corrected chi connectivity index (χ3v) is 13.5. The first-order valence-electron chi connectivity index (χ1n) is 13.3. The molecule has 0 spiro atoms. The van der Waals surface area contributed by atoms with Gasteiger partial charge in [-0.15, -0.1) is 0 Å². The first-order valence-corrected chi connectivity index (χ1v) is 16.0. The monoisotopic (exact) mass is 567 g/mol. The molecule has 1 heterocycles. The van der Waals surface area contributed by atoms with Crippen LogP contribution in [0.25, 0.3) is 0 Å². The van der Waals surface area contributed by atoms with Crippen molar-refractivity contribution in [3.8, 4) is 0 Å². The summed E-state index contributed by atoms with van der Waals surface area (Å²) in [7, 11) is -2.59. The molecule has 1 fully saturated rings. The Morgan fingerprint density at radius 2 is 1.08 bits per heavy atom. The van der Waals surface area contributed by atoms with Gasteiger partial charge in [-0.05, 0) is 62.7 Å². The van der Waals surface area contributed by atoms with Gasteiger partial charge in [0.25, 0.3) is 0 Å². The fraction of sp³-hybridized carbons (Fsp3) is 0.250. The fourth-order valence-electron chi connectivity index (χ4n) is 5.47. The predicted molar refractivity (Wildman–Crippen MR) is 155 cm³/mol. The number of hydrogen-bond acceptors (Lipinski definition) is 1. The van der Waals surface area contributed by atoms with Crippen molar-refractivity contribution < 1.29 is 17.6 Å². The van der Waals surface area contributed by atoms with Crippen LogP contribution in [0.2, 0.25) is 0 Å². The van der Waals surface area contributed by atoms with E-state index in [4.69, 9.17) is 0 Å². The summed E-state index contributed by atoms with van der Waals surface area (Å²) in [6.07, 6.45) is 3.71. The number of nitrogens with zero attached hydrogens (tertiary/aromatic N) is 1. The fourth-order valence-corrected chi connectivity index (χ4v) is 13.0. The molecule has 1 nitrogen and oxygen atoms in total. The maximum absolute atomic E-state index is 14.6. The van der Waals surface area contributed by atoms with E-state index in [1.807, 2.05) is 36.4 Å². The van der Waals surface area contributed by atoms with Crippen molar-refractivity contribution in [3.63, 3.8) is 0 Å². The van der Waals surface area contributed by atoms with Gasteiger partial charge in [0, 0.05) is 48.7 Å². The normalized spacial score (nSPS) is 19.2. The molecular weight excluding hydrogens is 536 g/mol. The zero-order valence-electron chi connectivity index (χ0n) is 21.8. The van der Waals surface area contributed by atoms with Crippen LogP contribution in [-0.2, 0) is 0 Å². The Bertz CT molecular complexity index is 1250. The largest absolute Gasteiger partial charge is 0.251 e. The van der Waals surface area contributed by atoms with E-state index in [2.05, 4.69) is 35.6 Å². The van der Waals surface area contributed by atoms with Crippen LogP contribution in [0.1, 0.15) is 55.1 Å². The Balaban J connectivity index is 1.72. The van der Waals surface area contributed by atoms with Crippen LogP contribution in [0.3, 0.4) is 0 Å². The van der Waals surface area contributed by atoms with Crippen molar-refractivity contribution >= 4 is 26.8 Å². The van der Waals surface area contributed by atoms with E-state index < -0.39 is 39.4 Å². The molecular formula is C32H31F4NP2. The molecule has 5 rings (SSSR count). The highest BCUT2D eigenvalue weighted by Crippen LogP contribution is 2.76. The molecule has 4 aromatic carbocycles. The summed E-state index contributed by atoms with van der Waals surface area (Å²) in [4.78, 5) is 0. The van der Waals surface area contributed by atoms with Crippen molar-refractivity contribution in [1.82, 2.24) is 4.44 Å². The molecule has 1 saturated heterocycles. The maximum Gasteiger partial charge on any atom is 0.126 e. The molecule has 1 aliphatic rings. The van der Waals surface area contributed by atoms with Crippen molar-refractivity contribution in [2.45, 2.75) is 43.9 Å². The van der Waals surface area contributed by atoms with Crippen LogP contribution in [0.15, 0.2) is 97.1 Å². The standard InChI is InChI=1S/C32H31F4NP2/c1-2-3-16-37(38(29-19-25(33)17-26(34)20-29)30-21-27(35)18-28(36)22-30)39-31(23-10-6-4-7-11-23)14-15-32(39)24-12-8-5-9-13-24/h4-13,17-22,31-32H,2-3,14-16H2,1H3. The van der Waals surface area contributed by atoms with E-state index in [0.717, 1.165) is 37.8 Å². The Morgan fingerprint density at radius 1 is 0.667 bits per heavy atom. The van der Waals surface area contributed by atoms with E-state index in [9.17, 15) is 17.6 Å². The van der Waals surface area contributed by atoms with Gasteiger partial charge in [0.2, 0.25) is 0 Å². The van der Waals surface area contributed by atoms with Crippen LogP contribution in [0, 0.1) is 23.3 Å². The van der Waals surface area contributed by atoms with Crippen LogP contribution < -0.4 is 10.6 Å². The number of unbranched alkanes of at least 4 members (excludes halogenated alkanes) is 1. The van der Waals surface area contributed by atoms with Crippen LogP contribution in [0.4, 0.5) is 17.6 Å². The van der Waals surface area contributed by atoms with E-state index in [0.29, 0.717) is 17.2 Å². The van der Waals surface area contributed by atoms with Crippen LogP contribution in [-0.4, -0.2) is 11.0 Å². The Labute approximate surface area is 230 Å². The summed E-state index contributed by atoms with van der Waals surface area (Å²) < 4.78 is 61.0. The molecule has 2 unspecified atom stereocenters. The molecule has 0 saturated carbocycles. The number of rotatable bonds is 9. The minimum absolute atomic E-state index is 0.213. The summed E-state index contributed by atoms with van der Waals surface area (Å²) in [6.45, 7) is 2.77. The van der Waals surface area contributed by atoms with Crippen LogP contribution in [0.5, 0.6) is 0 Å². The molecule has 202 valence electrons. The molecule has 0 aliphatic carbocycles. The van der Waals surface area contributed by atoms with Crippen molar-refractivity contribution in [2.24, 2.45) is 0 Å². The van der Waals surface area contributed by atoms with Crippen molar-refractivity contribution in [2.75, 3.05) is 6.54 Å². The summed E-state index contributed by atoms with van der Waals surface area (Å²) in [5.74, 6) is -2.77. The zero-order valence-corrected chi connectivity index (χ0v) is 23.6. The Morgan fingerprint density at radius 3 is 1.46 bits per heavy atom. The van der Waals surface area contributed by atoms with E-state index >= 15 is 0 Å². The first-order chi connectivity index (χ1) is 18.9. The highest BCUT2D eigenvalue weighted by Gasteiger charge is 2.44. The quantitative estimate of drug-likeness (QED) is 0.144. The van der Waals surface area contributed by atoms with E-state index in [-0.39, 0.29) is 11.3 Å². The smallest absolute Gasteiger partial charge is 0.126 e. The molecule has 4 aromatic rings. The van der Waals surface area contributed by atoms with Gasteiger partial charge in [0.15, 0.2) is 0 Å². The molecule has 7 heteroatoms. The first kappa shape index (κ1) is 28.0. The Hall–Kier alpha value is -2.58. The molecule has 0 radical (unpaired) electrons. The Kier molecular flexibility index (Phi) is 9.13. The minimum Gasteiger partial charge on any atom is -0.251 e. The number of benzene rings is 4. The van der Waals surface area contributed by atoms with Gasteiger partial charge in [-0.25, -0.2) is 17.6 Å². The topological polar surface area (TPSA) is 3.24 Å². The highest BCUT2D eigenvalue weighted by molar-refractivity contribution is 7.79. The lowest BCUT2D eigenvalue weighted by Gasteiger charge is -2.42. The molecule has 0 bridgehead atoms. The maximum atomic E-state index is 14.6. The number of halogens is 4. The second-order valence-corrected chi connectivity index (χ2v) is 14.8. The lowest BCUT2D eigenvalue weighted by molar-refractivity contribution is 0.584. The SMILES string of the molecule is CCCCN(P(c1cc(F)cc(F)c1)c1cc(F)cc(F)c1)P1C(c2ccccc2)CCC1c1ccccc1. The van der Waals surface area contributed by atoms with Crippen molar-refractivity contribution in [3.05, 3.63) is 131 Å². The molecule has 0 amide bonds. The van der Waals surface area contributed by atoms with Gasteiger partial charge in [0.1, 0.15) is 23.3 Å². The summed E-state index contributed by atoms with van der Waals surface area (Å²) in [5, 5.41) is 0.855. The van der Waals surface area contributed by atoms with Crippen molar-refractivity contribution in [1.29, 1.82) is 0 Å². The molecule has 1 aliphatic heterocycles. The average Bonchev–Trinajstić information content (AvgIpc) is 3.36. The van der Waals surface area contributed by atoms with Gasteiger partial charge >= 0.3 is 0 Å². The van der Waals surface area contributed by atoms with Gasteiger partial charge < -0.3 is 0 Å². The lowest BCUT2D eigenvalue weighted by Crippen LogP contribution is -2.29. The van der Waals surface area contributed by atoms with E-state index in [1.54, 1.807) is 0 Å². The van der Waals surface area contributed by atoms with Crippen LogP contribution >= 0.6 is 16.1 Å². The zero-order chi connectivity index (χ0) is 27.4. The summed E-state index contributed by atoms with van der Waals surface area (Å²) >= 11 is 0. The molecule has 0 aromatic heterocycles. The lowest BCUT2D eigenvalue weighted by atomic mass is 10.0. The summed E-state index contributed by atoms with van der Waals surface area (Å²) in [5.41, 5.74) is 2.89. The minimum atomic E-state index is -1.63. The average molecular weight is 568 g/mol. The second kappa shape index (κ2) is 12.7. The second-order valence-electron chi connectivity index (χ2n) is 9.83. The van der Waals surface area contributed by atoms with E-state index in [1.165, 1.54) is 35.4 Å². The number of hydrogen-bond donors (Lipinski definition) is 0. The third kappa shape index (κ3) is 6.43. The molecule has 0 N–H and O–H groups in total. The predicted octanol–water partition coefficient (Wildman–Crippen LogP) is 9.37. The third-order valence-electron chi connectivity index (χ3n) is 7.11. The van der Waals surface area contributed by atoms with Gasteiger partial charge in [0.05, 0.1) is 0 Å². The molecule has 39 heavy (non-hydrogen) atoms.